The van der Waals surface area contributed by atoms with Crippen molar-refractivity contribution in [3.05, 3.63) is 18.2 Å². The van der Waals surface area contributed by atoms with Crippen LogP contribution < -0.4 is 19.5 Å². The van der Waals surface area contributed by atoms with Gasteiger partial charge in [0.15, 0.2) is 11.5 Å². The molecule has 3 fully saturated rings. The Bertz CT molecular complexity index is 794. The second kappa shape index (κ2) is 7.43. The minimum atomic E-state index is -0.541. The van der Waals surface area contributed by atoms with Crippen LogP contribution in [-0.2, 0) is 14.3 Å². The van der Waals surface area contributed by atoms with E-state index in [1.54, 1.807) is 0 Å². The molecular formula is C22H27NO6. The molecule has 1 atom stereocenters. The molecule has 7 heteroatoms. The van der Waals surface area contributed by atoms with Gasteiger partial charge in [-0.2, -0.15) is 0 Å². The smallest absolute Gasteiger partial charge is 0.307 e. The molecule has 4 aliphatic rings. The highest BCUT2D eigenvalue weighted by atomic mass is 16.7. The molecule has 1 aromatic carbocycles. The van der Waals surface area contributed by atoms with Gasteiger partial charge in [-0.1, -0.05) is 0 Å². The van der Waals surface area contributed by atoms with Gasteiger partial charge in [-0.05, 0) is 63.5 Å². The average Bonchev–Trinajstić information content (AvgIpc) is 3.44. The molecule has 2 heterocycles. The van der Waals surface area contributed by atoms with Crippen LogP contribution in [0.25, 0.3) is 0 Å². The van der Waals surface area contributed by atoms with Gasteiger partial charge in [-0.15, -0.1) is 0 Å². The number of hydrogen-bond donors (Lipinski definition) is 1. The fraction of sp³-hybridized carbons (Fsp3) is 0.636. The van der Waals surface area contributed by atoms with Crippen LogP contribution in [0.3, 0.4) is 0 Å². The van der Waals surface area contributed by atoms with Crippen LogP contribution in [0, 0.1) is 5.92 Å². The van der Waals surface area contributed by atoms with E-state index in [-0.39, 0.29) is 43.2 Å². The fourth-order valence-electron chi connectivity index (χ4n) is 5.22. The molecule has 1 N–H and O–H groups in total. The maximum atomic E-state index is 12.9. The first-order valence-corrected chi connectivity index (χ1v) is 10.7. The van der Waals surface area contributed by atoms with Crippen LogP contribution in [0.5, 0.6) is 17.2 Å². The SMILES string of the molecule is O=C1CC(C(=O)NC2CCC(Oc3ccc4c(c3)OCO4)CC2)C2(CCCC2)O1. The van der Waals surface area contributed by atoms with Crippen molar-refractivity contribution in [1.82, 2.24) is 5.32 Å². The molecule has 0 aromatic heterocycles. The number of amides is 1. The van der Waals surface area contributed by atoms with Crippen molar-refractivity contribution < 1.29 is 28.5 Å². The Morgan fingerprint density at radius 3 is 2.62 bits per heavy atom. The Morgan fingerprint density at radius 2 is 1.83 bits per heavy atom. The lowest BCUT2D eigenvalue weighted by molar-refractivity contribution is -0.150. The van der Waals surface area contributed by atoms with Gasteiger partial charge in [-0.25, -0.2) is 0 Å². The van der Waals surface area contributed by atoms with Crippen molar-refractivity contribution in [3.63, 3.8) is 0 Å². The van der Waals surface area contributed by atoms with E-state index >= 15 is 0 Å². The molecule has 156 valence electrons. The van der Waals surface area contributed by atoms with Crippen molar-refractivity contribution >= 4 is 11.9 Å². The van der Waals surface area contributed by atoms with Crippen LogP contribution in [0.1, 0.15) is 57.8 Å². The zero-order valence-corrected chi connectivity index (χ0v) is 16.5. The largest absolute Gasteiger partial charge is 0.490 e. The second-order valence-corrected chi connectivity index (χ2v) is 8.62. The number of nitrogens with one attached hydrogen (secondary N) is 1. The third-order valence-electron chi connectivity index (χ3n) is 6.76. The van der Waals surface area contributed by atoms with E-state index in [4.69, 9.17) is 18.9 Å². The number of fused-ring (bicyclic) bond motifs is 1. The summed E-state index contributed by atoms with van der Waals surface area (Å²) in [6.45, 7) is 0.252. The van der Waals surface area contributed by atoms with Gasteiger partial charge < -0.3 is 24.3 Å². The van der Waals surface area contributed by atoms with E-state index in [0.29, 0.717) is 0 Å². The zero-order valence-electron chi connectivity index (χ0n) is 16.5. The summed E-state index contributed by atoms with van der Waals surface area (Å²) in [6, 6.07) is 5.77. The van der Waals surface area contributed by atoms with Crippen LogP contribution in [0.4, 0.5) is 0 Å². The van der Waals surface area contributed by atoms with Crippen LogP contribution in [0.2, 0.25) is 0 Å². The highest BCUT2D eigenvalue weighted by Gasteiger charge is 2.54. The van der Waals surface area contributed by atoms with Crippen molar-refractivity contribution in [2.24, 2.45) is 5.92 Å². The molecule has 2 aliphatic carbocycles. The molecule has 1 saturated heterocycles. The number of rotatable bonds is 4. The quantitative estimate of drug-likeness (QED) is 0.781. The standard InChI is InChI=1S/C22H27NO6/c24-20-12-17(22(29-20)9-1-2-10-22)21(25)23-14-3-5-15(6-4-14)28-16-7-8-18-19(11-16)27-13-26-18/h7-8,11,14-15,17H,1-6,9-10,12-13H2,(H,23,25). The number of benzene rings is 1. The Hall–Kier alpha value is -2.44. The van der Waals surface area contributed by atoms with Gasteiger partial charge in [0.25, 0.3) is 0 Å². The first-order chi connectivity index (χ1) is 14.1. The van der Waals surface area contributed by atoms with E-state index in [9.17, 15) is 9.59 Å². The summed E-state index contributed by atoms with van der Waals surface area (Å²) in [5.41, 5.74) is -0.541. The van der Waals surface area contributed by atoms with Gasteiger partial charge in [0.05, 0.1) is 18.4 Å². The molecule has 1 unspecified atom stereocenters. The average molecular weight is 401 g/mol. The summed E-state index contributed by atoms with van der Waals surface area (Å²) < 4.78 is 22.5. The van der Waals surface area contributed by atoms with Crippen molar-refractivity contribution in [3.8, 4) is 17.2 Å². The van der Waals surface area contributed by atoms with Crippen molar-refractivity contribution in [2.75, 3.05) is 6.79 Å². The van der Waals surface area contributed by atoms with E-state index < -0.39 is 5.60 Å². The summed E-state index contributed by atoms with van der Waals surface area (Å²) in [5, 5.41) is 3.19. The Labute approximate surface area is 170 Å². The third kappa shape index (κ3) is 3.63. The summed E-state index contributed by atoms with van der Waals surface area (Å²) >= 11 is 0. The summed E-state index contributed by atoms with van der Waals surface area (Å²) in [4.78, 5) is 24.8. The molecule has 1 aromatic rings. The summed E-state index contributed by atoms with van der Waals surface area (Å²) in [7, 11) is 0. The third-order valence-corrected chi connectivity index (χ3v) is 6.76. The van der Waals surface area contributed by atoms with Gasteiger partial charge >= 0.3 is 5.97 Å². The van der Waals surface area contributed by atoms with Crippen molar-refractivity contribution in [2.45, 2.75) is 75.5 Å². The molecule has 2 saturated carbocycles. The zero-order chi connectivity index (χ0) is 19.8. The highest BCUT2D eigenvalue weighted by molar-refractivity contribution is 5.88. The molecule has 5 rings (SSSR count). The first kappa shape index (κ1) is 18.6. The Kier molecular flexibility index (Phi) is 4.76. The van der Waals surface area contributed by atoms with E-state index in [1.807, 2.05) is 18.2 Å². The molecule has 2 aliphatic heterocycles. The second-order valence-electron chi connectivity index (χ2n) is 8.62. The topological polar surface area (TPSA) is 83.1 Å². The normalized spacial score (nSPS) is 29.7. The molecule has 29 heavy (non-hydrogen) atoms. The number of esters is 1. The van der Waals surface area contributed by atoms with E-state index in [1.165, 1.54) is 0 Å². The predicted octanol–water partition coefficient (Wildman–Crippen LogP) is 3.10. The van der Waals surface area contributed by atoms with Crippen molar-refractivity contribution in [1.29, 1.82) is 0 Å². The van der Waals surface area contributed by atoms with Crippen LogP contribution >= 0.6 is 0 Å². The monoisotopic (exact) mass is 401 g/mol. The molecule has 0 bridgehead atoms. The molecular weight excluding hydrogens is 374 g/mol. The summed E-state index contributed by atoms with van der Waals surface area (Å²) in [6.07, 6.45) is 7.52. The Balaban J connectivity index is 1.13. The first-order valence-electron chi connectivity index (χ1n) is 10.7. The lowest BCUT2D eigenvalue weighted by Crippen LogP contribution is -2.47. The molecule has 0 radical (unpaired) electrons. The van der Waals surface area contributed by atoms with Crippen LogP contribution in [-0.4, -0.2) is 36.4 Å². The van der Waals surface area contributed by atoms with E-state index in [0.717, 1.165) is 68.6 Å². The lowest BCUT2D eigenvalue weighted by atomic mass is 9.84. The molecule has 7 nitrogen and oxygen atoms in total. The number of carbonyl (C=O) groups is 2. The maximum Gasteiger partial charge on any atom is 0.307 e. The lowest BCUT2D eigenvalue weighted by Gasteiger charge is -2.32. The van der Waals surface area contributed by atoms with Gasteiger partial charge in [-0.3, -0.25) is 9.59 Å². The highest BCUT2D eigenvalue weighted by Crippen LogP contribution is 2.45. The molecule has 1 amide bonds. The molecule has 1 spiro atoms. The number of hydrogen-bond acceptors (Lipinski definition) is 6. The summed E-state index contributed by atoms with van der Waals surface area (Å²) in [5.74, 6) is 1.67. The Morgan fingerprint density at radius 1 is 1.07 bits per heavy atom. The fourth-order valence-corrected chi connectivity index (χ4v) is 5.22. The number of carbonyl (C=O) groups excluding carboxylic acids is 2. The van der Waals surface area contributed by atoms with Gasteiger partial charge in [0, 0.05) is 12.1 Å². The van der Waals surface area contributed by atoms with Gasteiger partial charge in [0.1, 0.15) is 11.4 Å². The maximum absolute atomic E-state index is 12.9. The predicted molar refractivity (Wildman–Crippen MR) is 103 cm³/mol. The minimum absolute atomic E-state index is 0.0158. The number of ether oxygens (including phenoxy) is 4. The van der Waals surface area contributed by atoms with E-state index in [2.05, 4.69) is 5.32 Å². The van der Waals surface area contributed by atoms with Crippen LogP contribution in [0.15, 0.2) is 18.2 Å². The van der Waals surface area contributed by atoms with Gasteiger partial charge in [0.2, 0.25) is 12.7 Å². The minimum Gasteiger partial charge on any atom is -0.490 e.